The number of benzene rings is 1. The lowest BCUT2D eigenvalue weighted by molar-refractivity contribution is 0.633. The number of aromatic nitrogens is 3. The van der Waals surface area contributed by atoms with Crippen molar-refractivity contribution in [3.8, 4) is 0 Å². The minimum Gasteiger partial charge on any atom is -0.297 e. The minimum atomic E-state index is 0.161. The van der Waals surface area contributed by atoms with Gasteiger partial charge in [0.1, 0.15) is 6.33 Å². The van der Waals surface area contributed by atoms with E-state index in [0.29, 0.717) is 5.28 Å². The Bertz CT molecular complexity index is 464. The number of hydrogen-bond donors (Lipinski definition) is 0. The Hall–Kier alpha value is -1.35. The summed E-state index contributed by atoms with van der Waals surface area (Å²) >= 11 is 5.93. The first-order valence-corrected chi connectivity index (χ1v) is 5.18. The van der Waals surface area contributed by atoms with Gasteiger partial charge >= 0.3 is 0 Å². The molecule has 2 rings (SSSR count). The molecule has 0 saturated heterocycles. The molecule has 1 atom stereocenters. The van der Waals surface area contributed by atoms with E-state index in [1.54, 1.807) is 6.33 Å². The average molecular weight is 222 g/mol. The second kappa shape index (κ2) is 4.03. The van der Waals surface area contributed by atoms with Gasteiger partial charge in [-0.25, -0.2) is 0 Å². The summed E-state index contributed by atoms with van der Waals surface area (Å²) in [5.74, 6) is 0. The van der Waals surface area contributed by atoms with Gasteiger partial charge in [0.05, 0.1) is 6.04 Å². The zero-order valence-electron chi connectivity index (χ0n) is 8.68. The summed E-state index contributed by atoms with van der Waals surface area (Å²) in [6, 6.07) is 8.39. The van der Waals surface area contributed by atoms with E-state index in [-0.39, 0.29) is 6.04 Å². The smallest absolute Gasteiger partial charge is 0.225 e. The maximum Gasteiger partial charge on any atom is 0.225 e. The normalized spacial score (nSPS) is 12.7. The van der Waals surface area contributed by atoms with E-state index in [1.807, 2.05) is 16.7 Å². The van der Waals surface area contributed by atoms with Crippen LogP contribution in [0.25, 0.3) is 0 Å². The predicted molar refractivity (Wildman–Crippen MR) is 60.0 cm³/mol. The summed E-state index contributed by atoms with van der Waals surface area (Å²) in [4.78, 5) is 0. The Morgan fingerprint density at radius 1 is 1.33 bits per heavy atom. The lowest BCUT2D eigenvalue weighted by atomic mass is 10.0. The van der Waals surface area contributed by atoms with Crippen molar-refractivity contribution in [3.63, 3.8) is 0 Å². The first kappa shape index (κ1) is 10.2. The van der Waals surface area contributed by atoms with Crippen molar-refractivity contribution in [1.29, 1.82) is 0 Å². The maximum atomic E-state index is 5.93. The quantitative estimate of drug-likeness (QED) is 0.781. The van der Waals surface area contributed by atoms with E-state index in [9.17, 15) is 0 Å². The van der Waals surface area contributed by atoms with Crippen molar-refractivity contribution in [1.82, 2.24) is 14.8 Å². The topological polar surface area (TPSA) is 30.7 Å². The van der Waals surface area contributed by atoms with Gasteiger partial charge in [-0.05, 0) is 36.6 Å². The van der Waals surface area contributed by atoms with Crippen molar-refractivity contribution < 1.29 is 0 Å². The van der Waals surface area contributed by atoms with Gasteiger partial charge in [0.15, 0.2) is 0 Å². The summed E-state index contributed by atoms with van der Waals surface area (Å²) in [7, 11) is 0. The zero-order chi connectivity index (χ0) is 10.8. The van der Waals surface area contributed by atoms with Crippen LogP contribution in [0.1, 0.15) is 24.1 Å². The third-order valence-corrected chi connectivity index (χ3v) is 2.86. The van der Waals surface area contributed by atoms with Gasteiger partial charge < -0.3 is 0 Å². The summed E-state index contributed by atoms with van der Waals surface area (Å²) in [5.41, 5.74) is 2.48. The Morgan fingerprint density at radius 2 is 2.07 bits per heavy atom. The fourth-order valence-corrected chi connectivity index (χ4v) is 1.93. The van der Waals surface area contributed by atoms with Gasteiger partial charge in [0.25, 0.3) is 0 Å². The highest BCUT2D eigenvalue weighted by Gasteiger charge is 2.12. The number of nitrogens with zero attached hydrogens (tertiary/aromatic N) is 3. The highest BCUT2D eigenvalue weighted by Crippen LogP contribution is 2.23. The van der Waals surface area contributed by atoms with E-state index in [4.69, 9.17) is 11.6 Å². The van der Waals surface area contributed by atoms with Crippen molar-refractivity contribution in [2.24, 2.45) is 0 Å². The zero-order valence-corrected chi connectivity index (χ0v) is 9.44. The molecule has 0 aliphatic carbocycles. The van der Waals surface area contributed by atoms with Crippen LogP contribution >= 0.6 is 11.6 Å². The van der Waals surface area contributed by atoms with Crippen LogP contribution in [0.2, 0.25) is 5.28 Å². The number of aryl methyl sites for hydroxylation is 1. The molecule has 2 aromatic rings. The molecule has 0 spiro atoms. The summed E-state index contributed by atoms with van der Waals surface area (Å²) in [6.45, 7) is 4.17. The van der Waals surface area contributed by atoms with Crippen LogP contribution in [0, 0.1) is 6.92 Å². The van der Waals surface area contributed by atoms with Crippen molar-refractivity contribution in [2.45, 2.75) is 19.9 Å². The van der Waals surface area contributed by atoms with Crippen LogP contribution in [0.4, 0.5) is 0 Å². The van der Waals surface area contributed by atoms with Gasteiger partial charge in [-0.2, -0.15) is 0 Å². The molecule has 1 unspecified atom stereocenters. The molecule has 0 radical (unpaired) electrons. The van der Waals surface area contributed by atoms with E-state index in [2.05, 4.69) is 36.2 Å². The lowest BCUT2D eigenvalue weighted by Crippen LogP contribution is -2.07. The van der Waals surface area contributed by atoms with Gasteiger partial charge in [0.2, 0.25) is 5.28 Å². The second-order valence-electron chi connectivity index (χ2n) is 3.54. The van der Waals surface area contributed by atoms with Gasteiger partial charge in [-0.1, -0.05) is 24.3 Å². The maximum absolute atomic E-state index is 5.93. The van der Waals surface area contributed by atoms with E-state index < -0.39 is 0 Å². The lowest BCUT2D eigenvalue weighted by Gasteiger charge is -2.15. The number of halogens is 1. The molecule has 15 heavy (non-hydrogen) atoms. The molecule has 1 heterocycles. The molecule has 1 aromatic heterocycles. The third-order valence-electron chi connectivity index (χ3n) is 2.59. The molecule has 0 fully saturated rings. The van der Waals surface area contributed by atoms with Crippen LogP contribution in [0.15, 0.2) is 30.6 Å². The standard InChI is InChI=1S/C11H12ClN3/c1-8-5-3-4-6-10(8)9(2)15-7-13-14-11(15)12/h3-7,9H,1-2H3. The SMILES string of the molecule is Cc1ccccc1C(C)n1cnnc1Cl. The minimum absolute atomic E-state index is 0.161. The molecule has 1 aromatic carbocycles. The monoisotopic (exact) mass is 221 g/mol. The Morgan fingerprint density at radius 3 is 2.67 bits per heavy atom. The molecule has 3 nitrogen and oxygen atoms in total. The average Bonchev–Trinajstić information content (AvgIpc) is 2.64. The highest BCUT2D eigenvalue weighted by molar-refractivity contribution is 6.28. The van der Waals surface area contributed by atoms with Crippen LogP contribution in [-0.2, 0) is 0 Å². The van der Waals surface area contributed by atoms with Gasteiger partial charge in [0, 0.05) is 0 Å². The van der Waals surface area contributed by atoms with Crippen LogP contribution in [-0.4, -0.2) is 14.8 Å². The molecule has 0 N–H and O–H groups in total. The van der Waals surface area contributed by atoms with Crippen molar-refractivity contribution in [3.05, 3.63) is 47.0 Å². The molecule has 78 valence electrons. The molecular weight excluding hydrogens is 210 g/mol. The third kappa shape index (κ3) is 1.88. The van der Waals surface area contributed by atoms with E-state index in [1.165, 1.54) is 11.1 Å². The molecule has 0 bridgehead atoms. The fraction of sp³-hybridized carbons (Fsp3) is 0.273. The Balaban J connectivity index is 2.41. The van der Waals surface area contributed by atoms with Gasteiger partial charge in [-0.15, -0.1) is 10.2 Å². The first-order chi connectivity index (χ1) is 7.20. The van der Waals surface area contributed by atoms with Crippen molar-refractivity contribution in [2.75, 3.05) is 0 Å². The highest BCUT2D eigenvalue weighted by atomic mass is 35.5. The van der Waals surface area contributed by atoms with Crippen LogP contribution < -0.4 is 0 Å². The molecule has 0 aliphatic heterocycles. The predicted octanol–water partition coefficient (Wildman–Crippen LogP) is 2.85. The van der Waals surface area contributed by atoms with Crippen molar-refractivity contribution >= 4 is 11.6 Å². The summed E-state index contributed by atoms with van der Waals surface area (Å²) in [6.07, 6.45) is 1.65. The fourth-order valence-electron chi connectivity index (χ4n) is 1.69. The van der Waals surface area contributed by atoms with E-state index >= 15 is 0 Å². The van der Waals surface area contributed by atoms with Crippen LogP contribution in [0.5, 0.6) is 0 Å². The summed E-state index contributed by atoms with van der Waals surface area (Å²) < 4.78 is 1.85. The molecule has 0 amide bonds. The number of hydrogen-bond acceptors (Lipinski definition) is 2. The molecular formula is C11H12ClN3. The molecule has 0 saturated carbocycles. The Kier molecular flexibility index (Phi) is 2.73. The molecule has 4 heteroatoms. The number of rotatable bonds is 2. The largest absolute Gasteiger partial charge is 0.297 e. The van der Waals surface area contributed by atoms with E-state index in [0.717, 1.165) is 0 Å². The molecule has 0 aliphatic rings. The first-order valence-electron chi connectivity index (χ1n) is 4.80. The summed E-state index contributed by atoms with van der Waals surface area (Å²) in [5, 5.41) is 7.97. The Labute approximate surface area is 93.7 Å². The second-order valence-corrected chi connectivity index (χ2v) is 3.88. The van der Waals surface area contributed by atoms with Gasteiger partial charge in [-0.3, -0.25) is 4.57 Å². The van der Waals surface area contributed by atoms with Crippen LogP contribution in [0.3, 0.4) is 0 Å².